The van der Waals surface area contributed by atoms with Crippen LogP contribution in [0, 0.1) is 5.92 Å². The molecule has 0 spiro atoms. The van der Waals surface area contributed by atoms with Crippen LogP contribution < -0.4 is 16.3 Å². The number of imidazole rings is 1. The van der Waals surface area contributed by atoms with E-state index in [1.807, 2.05) is 23.0 Å². The van der Waals surface area contributed by atoms with Crippen LogP contribution in [0.1, 0.15) is 91.1 Å². The van der Waals surface area contributed by atoms with E-state index in [9.17, 15) is 32.3 Å². The van der Waals surface area contributed by atoms with Crippen LogP contribution in [0.3, 0.4) is 0 Å². The Bertz CT molecular complexity index is 2310. The third kappa shape index (κ3) is 6.90. The Balaban J connectivity index is 0.857. The molecule has 1 saturated carbocycles. The Hall–Kier alpha value is -5.38. The minimum atomic E-state index is -4.66. The number of para-hydroxylation sites is 1. The van der Waals surface area contributed by atoms with Crippen LogP contribution in [-0.4, -0.2) is 71.1 Å². The van der Waals surface area contributed by atoms with Crippen LogP contribution in [0.4, 0.5) is 19.0 Å². The van der Waals surface area contributed by atoms with Crippen LogP contribution in [0.15, 0.2) is 59.7 Å². The molecule has 13 nitrogen and oxygen atoms in total. The van der Waals surface area contributed by atoms with Crippen LogP contribution in [0.2, 0.25) is 0 Å². The number of fused-ring (bicyclic) bond motifs is 2. The van der Waals surface area contributed by atoms with Crippen molar-refractivity contribution in [1.29, 1.82) is 0 Å². The first-order valence-corrected chi connectivity index (χ1v) is 18.4. The molecule has 1 aliphatic carbocycles. The van der Waals surface area contributed by atoms with Crippen molar-refractivity contribution in [3.05, 3.63) is 82.3 Å². The van der Waals surface area contributed by atoms with Crippen molar-refractivity contribution in [2.45, 2.75) is 75.5 Å². The predicted molar refractivity (Wildman–Crippen MR) is 193 cm³/mol. The van der Waals surface area contributed by atoms with Gasteiger partial charge in [-0.25, -0.2) is 14.8 Å². The Morgan fingerprint density at radius 2 is 1.74 bits per heavy atom. The molecule has 1 unspecified atom stereocenters. The van der Waals surface area contributed by atoms with E-state index in [0.29, 0.717) is 23.8 Å². The van der Waals surface area contributed by atoms with E-state index in [-0.39, 0.29) is 35.6 Å². The van der Waals surface area contributed by atoms with Gasteiger partial charge in [-0.2, -0.15) is 18.3 Å². The number of aryl methyl sites for hydroxylation is 1. The number of nitrogens with one attached hydrogen (secondary N) is 2. The van der Waals surface area contributed by atoms with Gasteiger partial charge in [-0.1, -0.05) is 18.2 Å². The molecular weight excluding hydrogens is 703 g/mol. The number of hydrogen-bond acceptors (Lipinski definition) is 8. The highest BCUT2D eigenvalue weighted by Gasteiger charge is 2.34. The molecule has 5 aromatic rings. The zero-order valence-electron chi connectivity index (χ0n) is 29.7. The first kappa shape index (κ1) is 35.6. The van der Waals surface area contributed by atoms with Crippen molar-refractivity contribution in [1.82, 2.24) is 39.1 Å². The summed E-state index contributed by atoms with van der Waals surface area (Å²) in [4.78, 5) is 60.7. The standard InChI is InChI=1S/C38H40F3N9O4/c1-47-34-26(4-2-6-29(34)50(37(47)54)30-12-13-33(51)45-36(30)53)23-14-16-48(17-15-23)20-22-8-10-25(11-9-22)49-21-24-18-32(42-19-28(24)46-49)44-35(52)27-5-3-7-31(43-27)38(39,40)41/h2-7,18-19,21-23,25,30H,8-17,20H2,1H3,(H,44,52)(H,45,51,53). The monoisotopic (exact) mass is 743 g/mol. The molecule has 3 aliphatic rings. The Morgan fingerprint density at radius 1 is 0.981 bits per heavy atom. The molecule has 54 heavy (non-hydrogen) atoms. The number of aromatic nitrogens is 6. The number of benzene rings is 1. The molecule has 282 valence electrons. The Kier molecular flexibility index (Phi) is 9.32. The fourth-order valence-corrected chi connectivity index (χ4v) is 8.51. The van der Waals surface area contributed by atoms with Crippen molar-refractivity contribution in [3.63, 3.8) is 0 Å². The van der Waals surface area contributed by atoms with Gasteiger partial charge in [0.05, 0.1) is 23.3 Å². The van der Waals surface area contributed by atoms with Gasteiger partial charge in [0.1, 0.15) is 28.8 Å². The van der Waals surface area contributed by atoms with Gasteiger partial charge in [-0.3, -0.25) is 33.5 Å². The molecular formula is C38H40F3N9O4. The van der Waals surface area contributed by atoms with E-state index in [4.69, 9.17) is 5.10 Å². The van der Waals surface area contributed by atoms with Crippen molar-refractivity contribution >= 4 is 45.5 Å². The third-order valence-corrected chi connectivity index (χ3v) is 11.3. The molecule has 2 saturated heterocycles. The van der Waals surface area contributed by atoms with E-state index in [1.54, 1.807) is 28.4 Å². The zero-order chi connectivity index (χ0) is 37.7. The largest absolute Gasteiger partial charge is 0.433 e. The second-order valence-electron chi connectivity index (χ2n) is 14.7. The van der Waals surface area contributed by atoms with E-state index in [1.165, 1.54) is 6.07 Å². The van der Waals surface area contributed by atoms with Gasteiger partial charge in [0.2, 0.25) is 11.8 Å². The predicted octanol–water partition coefficient (Wildman–Crippen LogP) is 5.34. The minimum absolute atomic E-state index is 0.199. The average Bonchev–Trinajstić information content (AvgIpc) is 3.70. The van der Waals surface area contributed by atoms with Crippen molar-refractivity contribution in [2.75, 3.05) is 25.0 Å². The van der Waals surface area contributed by atoms with Crippen molar-refractivity contribution < 1.29 is 27.6 Å². The lowest BCUT2D eigenvalue weighted by atomic mass is 9.84. The molecule has 3 amide bonds. The molecule has 16 heteroatoms. The van der Waals surface area contributed by atoms with E-state index in [2.05, 4.69) is 31.6 Å². The zero-order valence-corrected chi connectivity index (χ0v) is 29.7. The second kappa shape index (κ2) is 14.1. The van der Waals surface area contributed by atoms with Crippen LogP contribution in [0.5, 0.6) is 0 Å². The van der Waals surface area contributed by atoms with Gasteiger partial charge < -0.3 is 10.2 Å². The number of anilines is 1. The summed E-state index contributed by atoms with van der Waals surface area (Å²) in [5, 5.41) is 10.4. The van der Waals surface area contributed by atoms with Crippen LogP contribution in [-0.2, 0) is 22.8 Å². The topological polar surface area (TPSA) is 149 Å². The lowest BCUT2D eigenvalue weighted by Gasteiger charge is -2.37. The van der Waals surface area contributed by atoms with Crippen molar-refractivity contribution in [3.8, 4) is 0 Å². The molecule has 6 heterocycles. The number of carbonyl (C=O) groups is 3. The maximum atomic E-state index is 13.4. The van der Waals surface area contributed by atoms with Gasteiger partial charge in [-0.05, 0) is 99.7 Å². The SMILES string of the molecule is Cn1c(=O)n(C2CCC(=O)NC2=O)c2cccc(C3CCN(CC4CCC(n5cc6cc(NC(=O)c7cccc(C(F)(F)F)n7)ncc6n5)CC4)CC3)c21. The van der Waals surface area contributed by atoms with Crippen LogP contribution >= 0.6 is 0 Å². The molecule has 1 atom stereocenters. The lowest BCUT2D eigenvalue weighted by molar-refractivity contribution is -0.141. The number of pyridine rings is 2. The summed E-state index contributed by atoms with van der Waals surface area (Å²) in [6.07, 6.45) is 5.38. The average molecular weight is 744 g/mol. The number of piperidine rings is 2. The fraction of sp³-hybridized carbons (Fsp3) is 0.447. The molecule has 1 aromatic carbocycles. The summed E-state index contributed by atoms with van der Waals surface area (Å²) >= 11 is 0. The second-order valence-corrected chi connectivity index (χ2v) is 14.7. The van der Waals surface area contributed by atoms with Gasteiger partial charge in [0, 0.05) is 31.6 Å². The van der Waals surface area contributed by atoms with E-state index >= 15 is 0 Å². The number of halogens is 3. The van der Waals surface area contributed by atoms with Gasteiger partial charge in [-0.15, -0.1) is 0 Å². The highest BCUT2D eigenvalue weighted by Crippen LogP contribution is 2.37. The number of nitrogens with zero attached hydrogens (tertiary/aromatic N) is 7. The smallest absolute Gasteiger partial charge is 0.305 e. The summed E-state index contributed by atoms with van der Waals surface area (Å²) in [6, 6.07) is 10.3. The summed E-state index contributed by atoms with van der Waals surface area (Å²) in [7, 11) is 1.76. The number of rotatable bonds is 7. The number of carbonyl (C=O) groups excluding carboxylic acids is 3. The Labute approximate surface area is 307 Å². The summed E-state index contributed by atoms with van der Waals surface area (Å²) in [6.45, 7) is 2.95. The molecule has 2 N–H and O–H groups in total. The minimum Gasteiger partial charge on any atom is -0.305 e. The molecule has 2 aliphatic heterocycles. The maximum absolute atomic E-state index is 13.4. The Morgan fingerprint density at radius 3 is 2.48 bits per heavy atom. The van der Waals surface area contributed by atoms with Gasteiger partial charge in [0.25, 0.3) is 5.91 Å². The molecule has 3 fully saturated rings. The fourth-order valence-electron chi connectivity index (χ4n) is 8.51. The summed E-state index contributed by atoms with van der Waals surface area (Å²) in [5.74, 6) is -0.461. The number of amides is 3. The summed E-state index contributed by atoms with van der Waals surface area (Å²) in [5.41, 5.74) is 1.64. The van der Waals surface area contributed by atoms with E-state index < -0.39 is 29.7 Å². The molecule has 0 bridgehead atoms. The lowest BCUT2D eigenvalue weighted by Crippen LogP contribution is -2.44. The van der Waals surface area contributed by atoms with Gasteiger partial charge >= 0.3 is 11.9 Å². The maximum Gasteiger partial charge on any atom is 0.433 e. The third-order valence-electron chi connectivity index (χ3n) is 11.3. The number of likely N-dealkylation sites (tertiary alicyclic amines) is 1. The number of imide groups is 1. The number of alkyl halides is 3. The van der Waals surface area contributed by atoms with E-state index in [0.717, 1.165) is 92.3 Å². The molecule has 8 rings (SSSR count). The number of hydrogen-bond donors (Lipinski definition) is 2. The van der Waals surface area contributed by atoms with Crippen LogP contribution in [0.25, 0.3) is 21.9 Å². The van der Waals surface area contributed by atoms with Gasteiger partial charge in [0.15, 0.2) is 0 Å². The first-order valence-electron chi connectivity index (χ1n) is 18.4. The molecule has 0 radical (unpaired) electrons. The normalized spacial score (nSPS) is 21.8. The van der Waals surface area contributed by atoms with Crippen molar-refractivity contribution in [2.24, 2.45) is 13.0 Å². The highest BCUT2D eigenvalue weighted by atomic mass is 19.4. The first-order chi connectivity index (χ1) is 25.9. The highest BCUT2D eigenvalue weighted by molar-refractivity contribution is 6.03. The quantitative estimate of drug-likeness (QED) is 0.212. The summed E-state index contributed by atoms with van der Waals surface area (Å²) < 4.78 is 44.3. The molecule has 4 aromatic heterocycles.